The minimum atomic E-state index is -0.340. The van der Waals surface area contributed by atoms with Crippen LogP contribution in [-0.2, 0) is 6.61 Å². The van der Waals surface area contributed by atoms with E-state index in [1.54, 1.807) is 0 Å². The molecule has 0 fully saturated rings. The van der Waals surface area contributed by atoms with Crippen molar-refractivity contribution in [1.29, 1.82) is 0 Å². The van der Waals surface area contributed by atoms with E-state index in [1.807, 2.05) is 37.3 Å². The number of rotatable bonds is 5. The van der Waals surface area contributed by atoms with Crippen LogP contribution in [0, 0.1) is 6.92 Å². The molecule has 0 saturated heterocycles. The molecule has 0 atom stereocenters. The molecule has 2 heterocycles. The summed E-state index contributed by atoms with van der Waals surface area (Å²) in [5.74, 6) is 0.289. The lowest BCUT2D eigenvalue weighted by Crippen LogP contribution is -2.13. The highest BCUT2D eigenvalue weighted by atomic mass is 79.9. The smallest absolute Gasteiger partial charge is 0.272 e. The van der Waals surface area contributed by atoms with Crippen LogP contribution >= 0.6 is 27.3 Å². The van der Waals surface area contributed by atoms with Gasteiger partial charge in [-0.1, -0.05) is 35.4 Å². The SMILES string of the molecule is Cc1sc(C(=O)Nc2nn[nH]n2)c(OCc2ccccc2)c1Br. The largest absolute Gasteiger partial charge is 0.486 e. The van der Waals surface area contributed by atoms with Crippen LogP contribution in [0.1, 0.15) is 20.1 Å². The molecule has 3 rings (SSSR count). The molecule has 0 aliphatic carbocycles. The molecule has 2 aromatic heterocycles. The van der Waals surface area contributed by atoms with Crippen LogP contribution in [0.25, 0.3) is 0 Å². The Morgan fingerprint density at radius 1 is 1.39 bits per heavy atom. The summed E-state index contributed by atoms with van der Waals surface area (Å²) in [7, 11) is 0. The Morgan fingerprint density at radius 2 is 2.17 bits per heavy atom. The zero-order valence-corrected chi connectivity index (χ0v) is 14.4. The average molecular weight is 394 g/mol. The highest BCUT2D eigenvalue weighted by molar-refractivity contribution is 9.10. The maximum Gasteiger partial charge on any atom is 0.272 e. The predicted molar refractivity (Wildman–Crippen MR) is 89.7 cm³/mol. The molecule has 23 heavy (non-hydrogen) atoms. The fourth-order valence-corrected chi connectivity index (χ4v) is 3.46. The standard InChI is InChI=1S/C14H12BrN5O2S/c1-8-10(15)11(22-7-9-5-3-2-4-6-9)12(23-8)13(21)16-14-17-19-20-18-14/h2-6H,7H2,1H3,(H2,16,17,18,19,20,21). The van der Waals surface area contributed by atoms with E-state index in [9.17, 15) is 4.79 Å². The number of ether oxygens (including phenoxy) is 1. The molecule has 0 unspecified atom stereocenters. The number of aromatic nitrogens is 4. The molecule has 0 aliphatic rings. The van der Waals surface area contributed by atoms with E-state index in [2.05, 4.69) is 41.9 Å². The monoisotopic (exact) mass is 393 g/mol. The number of aryl methyl sites for hydroxylation is 1. The first-order valence-electron chi connectivity index (χ1n) is 6.65. The molecule has 1 amide bonds. The Bertz CT molecular complexity index is 804. The first kappa shape index (κ1) is 15.6. The Labute approximate surface area is 144 Å². The van der Waals surface area contributed by atoms with E-state index in [4.69, 9.17) is 4.74 Å². The number of hydrogen-bond donors (Lipinski definition) is 2. The number of benzene rings is 1. The molecule has 0 saturated carbocycles. The van der Waals surface area contributed by atoms with Gasteiger partial charge in [-0.15, -0.1) is 16.4 Å². The number of H-pyrrole nitrogens is 1. The van der Waals surface area contributed by atoms with Crippen LogP contribution < -0.4 is 10.1 Å². The van der Waals surface area contributed by atoms with Crippen molar-refractivity contribution >= 4 is 39.1 Å². The molecule has 1 aromatic carbocycles. The Morgan fingerprint density at radius 3 is 2.87 bits per heavy atom. The minimum absolute atomic E-state index is 0.117. The van der Waals surface area contributed by atoms with Crippen molar-refractivity contribution in [3.05, 3.63) is 50.1 Å². The normalized spacial score (nSPS) is 10.5. The van der Waals surface area contributed by atoms with E-state index >= 15 is 0 Å². The molecular weight excluding hydrogens is 382 g/mol. The van der Waals surface area contributed by atoms with E-state index < -0.39 is 0 Å². The van der Waals surface area contributed by atoms with Crippen molar-refractivity contribution in [2.75, 3.05) is 5.32 Å². The van der Waals surface area contributed by atoms with Gasteiger partial charge in [0.05, 0.1) is 4.47 Å². The lowest BCUT2D eigenvalue weighted by atomic mass is 10.2. The second kappa shape index (κ2) is 6.88. The van der Waals surface area contributed by atoms with Gasteiger partial charge < -0.3 is 4.74 Å². The van der Waals surface area contributed by atoms with Crippen LogP contribution in [0.3, 0.4) is 0 Å². The molecule has 3 aromatic rings. The van der Waals surface area contributed by atoms with Gasteiger partial charge in [-0.3, -0.25) is 10.1 Å². The summed E-state index contributed by atoms with van der Waals surface area (Å²) in [6, 6.07) is 9.75. The molecule has 0 radical (unpaired) electrons. The number of carbonyl (C=O) groups is 1. The fourth-order valence-electron chi connectivity index (χ4n) is 1.88. The van der Waals surface area contributed by atoms with Gasteiger partial charge in [0.15, 0.2) is 5.75 Å². The number of thiophene rings is 1. The lowest BCUT2D eigenvalue weighted by Gasteiger charge is -2.08. The summed E-state index contributed by atoms with van der Waals surface area (Å²) in [4.78, 5) is 13.8. The Kier molecular flexibility index (Phi) is 4.68. The number of nitrogens with one attached hydrogen (secondary N) is 2. The number of anilines is 1. The lowest BCUT2D eigenvalue weighted by molar-refractivity contribution is 0.102. The van der Waals surface area contributed by atoms with Crippen molar-refractivity contribution in [1.82, 2.24) is 20.6 Å². The van der Waals surface area contributed by atoms with Gasteiger partial charge in [0.1, 0.15) is 11.5 Å². The van der Waals surface area contributed by atoms with Gasteiger partial charge >= 0.3 is 0 Å². The molecule has 118 valence electrons. The summed E-state index contributed by atoms with van der Waals surface area (Å²) < 4.78 is 6.63. The number of hydrogen-bond acceptors (Lipinski definition) is 6. The van der Waals surface area contributed by atoms with Crippen molar-refractivity contribution in [2.24, 2.45) is 0 Å². The van der Waals surface area contributed by atoms with Crippen LogP contribution in [0.2, 0.25) is 0 Å². The van der Waals surface area contributed by atoms with Gasteiger partial charge in [0.25, 0.3) is 11.9 Å². The van der Waals surface area contributed by atoms with E-state index in [1.165, 1.54) is 11.3 Å². The Balaban J connectivity index is 1.80. The van der Waals surface area contributed by atoms with Crippen LogP contribution in [-0.4, -0.2) is 26.5 Å². The van der Waals surface area contributed by atoms with E-state index in [0.29, 0.717) is 17.2 Å². The van der Waals surface area contributed by atoms with Gasteiger partial charge in [-0.05, 0) is 33.6 Å². The summed E-state index contributed by atoms with van der Waals surface area (Å²) >= 11 is 4.81. The molecule has 0 spiro atoms. The number of nitrogens with zero attached hydrogens (tertiary/aromatic N) is 3. The second-order valence-corrected chi connectivity index (χ2v) is 6.61. The third-order valence-corrected chi connectivity index (χ3v) is 5.28. The van der Waals surface area contributed by atoms with Crippen LogP contribution in [0.5, 0.6) is 5.75 Å². The number of tetrazole rings is 1. The van der Waals surface area contributed by atoms with Crippen molar-refractivity contribution in [2.45, 2.75) is 13.5 Å². The van der Waals surface area contributed by atoms with Gasteiger partial charge in [0.2, 0.25) is 0 Å². The molecule has 0 bridgehead atoms. The van der Waals surface area contributed by atoms with Crippen molar-refractivity contribution in [3.63, 3.8) is 0 Å². The number of carbonyl (C=O) groups excluding carboxylic acids is 1. The first-order chi connectivity index (χ1) is 11.1. The quantitative estimate of drug-likeness (QED) is 0.694. The number of amides is 1. The van der Waals surface area contributed by atoms with Crippen LogP contribution in [0.4, 0.5) is 5.95 Å². The van der Waals surface area contributed by atoms with Gasteiger partial charge in [-0.25, -0.2) is 0 Å². The zero-order valence-electron chi connectivity index (χ0n) is 12.0. The number of halogens is 1. The summed E-state index contributed by atoms with van der Waals surface area (Å²) in [5.41, 5.74) is 1.02. The molecule has 2 N–H and O–H groups in total. The summed E-state index contributed by atoms with van der Waals surface area (Å²) in [6.45, 7) is 2.29. The number of aromatic amines is 1. The third-order valence-electron chi connectivity index (χ3n) is 2.97. The highest BCUT2D eigenvalue weighted by Crippen LogP contribution is 2.40. The average Bonchev–Trinajstić information content (AvgIpc) is 3.16. The predicted octanol–water partition coefficient (Wildman–Crippen LogP) is 3.16. The van der Waals surface area contributed by atoms with Crippen molar-refractivity contribution < 1.29 is 9.53 Å². The van der Waals surface area contributed by atoms with Gasteiger partial charge in [0, 0.05) is 4.88 Å². The van der Waals surface area contributed by atoms with Crippen molar-refractivity contribution in [3.8, 4) is 5.75 Å². The van der Waals surface area contributed by atoms with Gasteiger partial charge in [-0.2, -0.15) is 5.21 Å². The van der Waals surface area contributed by atoms with E-state index in [0.717, 1.165) is 14.9 Å². The summed E-state index contributed by atoms with van der Waals surface area (Å²) in [5, 5.41) is 15.7. The maximum absolute atomic E-state index is 12.4. The zero-order chi connectivity index (χ0) is 16.2. The fraction of sp³-hybridized carbons (Fsp3) is 0.143. The molecule has 0 aliphatic heterocycles. The molecule has 7 nitrogen and oxygen atoms in total. The molecular formula is C14H12BrN5O2S. The summed E-state index contributed by atoms with van der Waals surface area (Å²) in [6.07, 6.45) is 0. The molecule has 9 heteroatoms. The maximum atomic E-state index is 12.4. The topological polar surface area (TPSA) is 92.8 Å². The minimum Gasteiger partial charge on any atom is -0.486 e. The second-order valence-electron chi connectivity index (χ2n) is 4.59. The third kappa shape index (κ3) is 3.57. The van der Waals surface area contributed by atoms with E-state index in [-0.39, 0.29) is 11.9 Å². The highest BCUT2D eigenvalue weighted by Gasteiger charge is 2.22. The van der Waals surface area contributed by atoms with Crippen LogP contribution in [0.15, 0.2) is 34.8 Å². The Hall–Kier alpha value is -2.26. The first-order valence-corrected chi connectivity index (χ1v) is 8.26.